The molecule has 0 aromatic carbocycles. The van der Waals surface area contributed by atoms with Crippen molar-refractivity contribution in [3.05, 3.63) is 16.3 Å². The molecule has 7 nitrogen and oxygen atoms in total. The van der Waals surface area contributed by atoms with E-state index in [1.165, 1.54) is 0 Å². The van der Waals surface area contributed by atoms with Gasteiger partial charge in [0.05, 0.1) is 11.8 Å². The lowest BCUT2D eigenvalue weighted by atomic mass is 10.6. The summed E-state index contributed by atoms with van der Waals surface area (Å²) >= 11 is 0. The summed E-state index contributed by atoms with van der Waals surface area (Å²) in [6, 6.07) is 0. The molecule has 2 rings (SSSR count). The van der Waals surface area contributed by atoms with E-state index < -0.39 is 33.0 Å². The van der Waals surface area contributed by atoms with Gasteiger partial charge in [0.2, 0.25) is 15.8 Å². The molecular formula is C9H13F3N4O3S. The van der Waals surface area contributed by atoms with Crippen LogP contribution in [-0.4, -0.2) is 34.6 Å². The molecule has 0 aliphatic heterocycles. The normalized spacial score (nSPS) is 16.6. The smallest absolute Gasteiger partial charge is 0.274 e. The van der Waals surface area contributed by atoms with Crippen molar-refractivity contribution in [1.82, 2.24) is 19.1 Å². The number of nitrogens with zero attached hydrogens (tertiary/aromatic N) is 3. The maximum atomic E-state index is 12.5. The Labute approximate surface area is 112 Å². The van der Waals surface area contributed by atoms with E-state index >= 15 is 0 Å². The van der Waals surface area contributed by atoms with E-state index in [4.69, 9.17) is 0 Å². The Hall–Kier alpha value is -1.36. The van der Waals surface area contributed by atoms with Gasteiger partial charge in [-0.3, -0.25) is 4.57 Å². The topological polar surface area (TPSA) is 86.0 Å². The summed E-state index contributed by atoms with van der Waals surface area (Å²) in [4.78, 5) is 11.5. The number of rotatable bonds is 5. The zero-order valence-corrected chi connectivity index (χ0v) is 11.3. The van der Waals surface area contributed by atoms with Gasteiger partial charge in [-0.2, -0.15) is 13.2 Å². The molecule has 1 aromatic heterocycles. The van der Waals surface area contributed by atoms with Gasteiger partial charge in [0.25, 0.3) is 0 Å². The monoisotopic (exact) mass is 314 g/mol. The van der Waals surface area contributed by atoms with Crippen LogP contribution in [-0.2, 0) is 29.8 Å². The average Bonchev–Trinajstić information content (AvgIpc) is 3.10. The molecule has 1 aliphatic rings. The summed E-state index contributed by atoms with van der Waals surface area (Å²) in [7, 11) is -2.46. The van der Waals surface area contributed by atoms with Crippen LogP contribution < -0.4 is 10.4 Å². The first-order valence-electron chi connectivity index (χ1n) is 5.82. The third-order valence-corrected chi connectivity index (χ3v) is 4.84. The van der Waals surface area contributed by atoms with Crippen LogP contribution in [0.25, 0.3) is 0 Å². The lowest BCUT2D eigenvalue weighted by Gasteiger charge is -2.04. The molecule has 0 saturated heterocycles. The van der Waals surface area contributed by atoms with Crippen molar-refractivity contribution in [2.24, 2.45) is 7.05 Å². The summed E-state index contributed by atoms with van der Waals surface area (Å²) in [6.07, 6.45) is -3.57. The molecule has 1 heterocycles. The van der Waals surface area contributed by atoms with Gasteiger partial charge in [-0.25, -0.2) is 22.6 Å². The highest BCUT2D eigenvalue weighted by molar-refractivity contribution is 7.90. The summed E-state index contributed by atoms with van der Waals surface area (Å²) in [6.45, 7) is -0.429. The van der Waals surface area contributed by atoms with Gasteiger partial charge < -0.3 is 0 Å². The predicted molar refractivity (Wildman–Crippen MR) is 62.4 cm³/mol. The molecular weight excluding hydrogens is 301 g/mol. The predicted octanol–water partition coefficient (Wildman–Crippen LogP) is -0.318. The van der Waals surface area contributed by atoms with Gasteiger partial charge >= 0.3 is 11.9 Å². The fourth-order valence-corrected chi connectivity index (χ4v) is 3.04. The third kappa shape index (κ3) is 3.03. The zero-order valence-electron chi connectivity index (χ0n) is 10.5. The van der Waals surface area contributed by atoms with Crippen molar-refractivity contribution in [3.8, 4) is 0 Å². The highest BCUT2D eigenvalue weighted by Crippen LogP contribution is 2.27. The summed E-state index contributed by atoms with van der Waals surface area (Å²) in [5, 5.41) is 2.75. The van der Waals surface area contributed by atoms with Gasteiger partial charge in [0.15, 0.2) is 0 Å². The van der Waals surface area contributed by atoms with E-state index in [0.29, 0.717) is 22.1 Å². The fourth-order valence-electron chi connectivity index (χ4n) is 1.67. The Kier molecular flexibility index (Phi) is 3.67. The molecule has 20 heavy (non-hydrogen) atoms. The van der Waals surface area contributed by atoms with Gasteiger partial charge in [0, 0.05) is 13.6 Å². The van der Waals surface area contributed by atoms with Crippen molar-refractivity contribution in [1.29, 1.82) is 0 Å². The number of halogens is 3. The Morgan fingerprint density at radius 1 is 1.40 bits per heavy atom. The number of hydrogen-bond donors (Lipinski definition) is 1. The van der Waals surface area contributed by atoms with Crippen molar-refractivity contribution < 1.29 is 21.6 Å². The van der Waals surface area contributed by atoms with Crippen molar-refractivity contribution in [2.45, 2.75) is 30.8 Å². The van der Waals surface area contributed by atoms with E-state index in [0.717, 1.165) is 7.05 Å². The van der Waals surface area contributed by atoms with E-state index in [1.54, 1.807) is 0 Å². The standard InChI is InChI=1S/C9H13F3N4O3S/c1-15-7(9(10,11)12)14-16(8(15)17)5-4-13-20(18,19)6-2-3-6/h6,13H,2-5H2,1H3. The van der Waals surface area contributed by atoms with Crippen LogP contribution in [0.1, 0.15) is 18.7 Å². The van der Waals surface area contributed by atoms with Gasteiger partial charge in [-0.15, -0.1) is 5.10 Å². The number of aromatic nitrogens is 3. The molecule has 114 valence electrons. The molecule has 0 atom stereocenters. The lowest BCUT2D eigenvalue weighted by Crippen LogP contribution is -2.33. The van der Waals surface area contributed by atoms with Crippen LogP contribution in [0, 0.1) is 0 Å². The number of nitrogens with one attached hydrogen (secondary N) is 1. The van der Waals surface area contributed by atoms with E-state index in [1.807, 2.05) is 0 Å². The Bertz CT molecular complexity index is 657. The molecule has 11 heteroatoms. The Balaban J connectivity index is 2.05. The van der Waals surface area contributed by atoms with Crippen LogP contribution in [0.3, 0.4) is 0 Å². The quantitative estimate of drug-likeness (QED) is 0.807. The Morgan fingerprint density at radius 2 is 2.00 bits per heavy atom. The first-order valence-corrected chi connectivity index (χ1v) is 7.37. The molecule has 1 aromatic rings. The fraction of sp³-hybridized carbons (Fsp3) is 0.778. The largest absolute Gasteiger partial charge is 0.451 e. The molecule has 0 amide bonds. The minimum atomic E-state index is -4.73. The maximum absolute atomic E-state index is 12.5. The summed E-state index contributed by atoms with van der Waals surface area (Å²) < 4.78 is 63.8. The minimum absolute atomic E-state index is 0.174. The third-order valence-electron chi connectivity index (χ3n) is 2.88. The molecule has 0 spiro atoms. The number of alkyl halides is 3. The molecule has 1 fully saturated rings. The minimum Gasteiger partial charge on any atom is -0.274 e. The van der Waals surface area contributed by atoms with Gasteiger partial charge in [-0.1, -0.05) is 0 Å². The highest BCUT2D eigenvalue weighted by Gasteiger charge is 2.38. The summed E-state index contributed by atoms with van der Waals surface area (Å²) in [5.74, 6) is -1.31. The molecule has 1 aliphatic carbocycles. The SMILES string of the molecule is Cn1c(C(F)(F)F)nn(CCNS(=O)(=O)C2CC2)c1=O. The molecule has 1 saturated carbocycles. The average molecular weight is 314 g/mol. The lowest BCUT2D eigenvalue weighted by molar-refractivity contribution is -0.147. The maximum Gasteiger partial charge on any atom is 0.451 e. The second kappa shape index (κ2) is 4.88. The first kappa shape index (κ1) is 15.0. The van der Waals surface area contributed by atoms with E-state index in [9.17, 15) is 26.4 Å². The Morgan fingerprint density at radius 3 is 2.45 bits per heavy atom. The molecule has 0 bridgehead atoms. The summed E-state index contributed by atoms with van der Waals surface area (Å²) in [5.41, 5.74) is -0.942. The van der Waals surface area contributed by atoms with Crippen LogP contribution in [0.2, 0.25) is 0 Å². The van der Waals surface area contributed by atoms with E-state index in [2.05, 4.69) is 9.82 Å². The van der Waals surface area contributed by atoms with Crippen LogP contribution in [0.15, 0.2) is 4.79 Å². The second-order valence-corrected chi connectivity index (χ2v) is 6.57. The first-order chi connectivity index (χ1) is 9.13. The number of sulfonamides is 1. The second-order valence-electron chi connectivity index (χ2n) is 4.52. The van der Waals surface area contributed by atoms with E-state index in [-0.39, 0.29) is 13.1 Å². The van der Waals surface area contributed by atoms with Crippen LogP contribution >= 0.6 is 0 Å². The highest BCUT2D eigenvalue weighted by atomic mass is 32.2. The van der Waals surface area contributed by atoms with Crippen molar-refractivity contribution >= 4 is 10.0 Å². The zero-order chi connectivity index (χ0) is 15.1. The van der Waals surface area contributed by atoms with Crippen LogP contribution in [0.4, 0.5) is 13.2 Å². The van der Waals surface area contributed by atoms with Gasteiger partial charge in [-0.05, 0) is 12.8 Å². The van der Waals surface area contributed by atoms with Crippen molar-refractivity contribution in [2.75, 3.05) is 6.54 Å². The van der Waals surface area contributed by atoms with Crippen LogP contribution in [0.5, 0.6) is 0 Å². The van der Waals surface area contributed by atoms with Crippen molar-refractivity contribution in [3.63, 3.8) is 0 Å². The molecule has 0 radical (unpaired) electrons. The number of hydrogen-bond acceptors (Lipinski definition) is 4. The van der Waals surface area contributed by atoms with Gasteiger partial charge in [0.1, 0.15) is 0 Å². The molecule has 0 unspecified atom stereocenters. The molecule has 1 N–H and O–H groups in total.